The largest absolute Gasteiger partial charge is 0.491 e. The van der Waals surface area contributed by atoms with Crippen molar-refractivity contribution in [1.29, 1.82) is 0 Å². The standard InChI is InChI=1S/C18H23NO2/c1-12(2)21-15-8-6-14(7-9-15)17-11-10-16(13(3)19-17)18(4,5)20/h6-12,20H,1-5H3. The Hall–Kier alpha value is -1.87. The Balaban J connectivity index is 2.28. The summed E-state index contributed by atoms with van der Waals surface area (Å²) in [5.41, 5.74) is 2.77. The fourth-order valence-electron chi connectivity index (χ4n) is 2.34. The fraction of sp³-hybridized carbons (Fsp3) is 0.389. The number of hydrogen-bond acceptors (Lipinski definition) is 3. The van der Waals surface area contributed by atoms with Gasteiger partial charge in [-0.25, -0.2) is 0 Å². The summed E-state index contributed by atoms with van der Waals surface area (Å²) in [6.07, 6.45) is 0.169. The Morgan fingerprint density at radius 3 is 2.14 bits per heavy atom. The zero-order valence-electron chi connectivity index (χ0n) is 13.3. The smallest absolute Gasteiger partial charge is 0.119 e. The lowest BCUT2D eigenvalue weighted by Crippen LogP contribution is -2.17. The van der Waals surface area contributed by atoms with E-state index in [1.807, 2.05) is 57.2 Å². The van der Waals surface area contributed by atoms with E-state index in [0.717, 1.165) is 28.3 Å². The Bertz CT molecular complexity index is 610. The van der Waals surface area contributed by atoms with Gasteiger partial charge in [0.1, 0.15) is 5.75 Å². The third kappa shape index (κ3) is 3.82. The molecule has 0 amide bonds. The first-order valence-corrected chi connectivity index (χ1v) is 7.25. The first kappa shape index (κ1) is 15.5. The predicted octanol–water partition coefficient (Wildman–Crippen LogP) is 4.07. The summed E-state index contributed by atoms with van der Waals surface area (Å²) in [7, 11) is 0. The average molecular weight is 285 g/mol. The van der Waals surface area contributed by atoms with Crippen molar-refractivity contribution < 1.29 is 9.84 Å². The summed E-state index contributed by atoms with van der Waals surface area (Å²) in [6, 6.07) is 11.8. The van der Waals surface area contributed by atoms with Crippen LogP contribution in [0.25, 0.3) is 11.3 Å². The molecule has 1 aromatic heterocycles. The second-order valence-corrected chi connectivity index (χ2v) is 6.08. The lowest BCUT2D eigenvalue weighted by atomic mass is 9.96. The van der Waals surface area contributed by atoms with E-state index in [9.17, 15) is 5.11 Å². The molecule has 1 aromatic carbocycles. The average Bonchev–Trinajstić information content (AvgIpc) is 2.37. The third-order valence-corrected chi connectivity index (χ3v) is 3.27. The van der Waals surface area contributed by atoms with E-state index < -0.39 is 5.60 Å². The van der Waals surface area contributed by atoms with Crippen molar-refractivity contribution in [2.75, 3.05) is 0 Å². The zero-order chi connectivity index (χ0) is 15.6. The van der Waals surface area contributed by atoms with Crippen molar-refractivity contribution in [2.24, 2.45) is 0 Å². The van der Waals surface area contributed by atoms with Crippen LogP contribution in [-0.4, -0.2) is 16.2 Å². The molecule has 0 spiro atoms. The Morgan fingerprint density at radius 2 is 1.67 bits per heavy atom. The van der Waals surface area contributed by atoms with Crippen LogP contribution in [0, 0.1) is 6.92 Å². The molecular weight excluding hydrogens is 262 g/mol. The fourth-order valence-corrected chi connectivity index (χ4v) is 2.34. The molecule has 21 heavy (non-hydrogen) atoms. The maximum atomic E-state index is 10.1. The molecule has 112 valence electrons. The van der Waals surface area contributed by atoms with E-state index in [1.165, 1.54) is 0 Å². The van der Waals surface area contributed by atoms with Crippen molar-refractivity contribution in [3.8, 4) is 17.0 Å². The van der Waals surface area contributed by atoms with Gasteiger partial charge in [-0.05, 0) is 65.0 Å². The lowest BCUT2D eigenvalue weighted by Gasteiger charge is -2.20. The van der Waals surface area contributed by atoms with Gasteiger partial charge in [-0.1, -0.05) is 6.07 Å². The minimum atomic E-state index is -0.870. The number of hydrogen-bond donors (Lipinski definition) is 1. The highest BCUT2D eigenvalue weighted by Crippen LogP contribution is 2.26. The molecule has 2 aromatic rings. The Kier molecular flexibility index (Phi) is 4.33. The van der Waals surface area contributed by atoms with Crippen LogP contribution in [0.15, 0.2) is 36.4 Å². The number of aryl methyl sites for hydroxylation is 1. The molecular formula is C18H23NO2. The number of nitrogens with zero attached hydrogens (tertiary/aromatic N) is 1. The molecule has 1 N–H and O–H groups in total. The summed E-state index contributed by atoms with van der Waals surface area (Å²) in [5.74, 6) is 0.860. The minimum absolute atomic E-state index is 0.169. The normalized spacial score (nSPS) is 11.8. The van der Waals surface area contributed by atoms with Crippen molar-refractivity contribution in [3.05, 3.63) is 47.7 Å². The molecule has 3 nitrogen and oxygen atoms in total. The van der Waals surface area contributed by atoms with Crippen LogP contribution in [0.2, 0.25) is 0 Å². The molecule has 0 saturated carbocycles. The van der Waals surface area contributed by atoms with Crippen LogP contribution in [0.1, 0.15) is 39.0 Å². The molecule has 1 heterocycles. The first-order valence-electron chi connectivity index (χ1n) is 7.25. The van der Waals surface area contributed by atoms with Crippen molar-refractivity contribution >= 4 is 0 Å². The number of pyridine rings is 1. The molecule has 3 heteroatoms. The van der Waals surface area contributed by atoms with Gasteiger partial charge < -0.3 is 9.84 Å². The van der Waals surface area contributed by atoms with Gasteiger partial charge >= 0.3 is 0 Å². The van der Waals surface area contributed by atoms with E-state index in [1.54, 1.807) is 13.8 Å². The number of aliphatic hydroxyl groups is 1. The van der Waals surface area contributed by atoms with Crippen molar-refractivity contribution in [3.63, 3.8) is 0 Å². The summed E-state index contributed by atoms with van der Waals surface area (Å²) >= 11 is 0. The molecule has 0 aliphatic carbocycles. The monoisotopic (exact) mass is 285 g/mol. The van der Waals surface area contributed by atoms with Crippen molar-refractivity contribution in [2.45, 2.75) is 46.3 Å². The maximum Gasteiger partial charge on any atom is 0.119 e. The second kappa shape index (κ2) is 5.86. The van der Waals surface area contributed by atoms with Crippen LogP contribution >= 0.6 is 0 Å². The van der Waals surface area contributed by atoms with E-state index >= 15 is 0 Å². The third-order valence-electron chi connectivity index (χ3n) is 3.27. The predicted molar refractivity (Wildman–Crippen MR) is 85.4 cm³/mol. The summed E-state index contributed by atoms with van der Waals surface area (Å²) in [5, 5.41) is 10.1. The SMILES string of the molecule is Cc1nc(-c2ccc(OC(C)C)cc2)ccc1C(C)(C)O. The maximum absolute atomic E-state index is 10.1. The molecule has 0 aliphatic heterocycles. The lowest BCUT2D eigenvalue weighted by molar-refractivity contribution is 0.0775. The highest BCUT2D eigenvalue weighted by Gasteiger charge is 2.19. The van der Waals surface area contributed by atoms with Gasteiger partial charge in [0.15, 0.2) is 0 Å². The molecule has 0 saturated heterocycles. The van der Waals surface area contributed by atoms with E-state index in [4.69, 9.17) is 4.74 Å². The van der Waals surface area contributed by atoms with Crippen LogP contribution < -0.4 is 4.74 Å². The molecule has 0 fully saturated rings. The highest BCUT2D eigenvalue weighted by molar-refractivity contribution is 5.60. The second-order valence-electron chi connectivity index (χ2n) is 6.08. The van der Waals surface area contributed by atoms with E-state index in [2.05, 4.69) is 4.98 Å². The summed E-state index contributed by atoms with van der Waals surface area (Å²) < 4.78 is 5.64. The van der Waals surface area contributed by atoms with Gasteiger partial charge in [0.05, 0.1) is 17.4 Å². The van der Waals surface area contributed by atoms with Gasteiger partial charge in [-0.3, -0.25) is 4.98 Å². The summed E-state index contributed by atoms with van der Waals surface area (Å²) in [4.78, 5) is 4.60. The van der Waals surface area contributed by atoms with Gasteiger partial charge in [0, 0.05) is 16.8 Å². The van der Waals surface area contributed by atoms with Crippen molar-refractivity contribution in [1.82, 2.24) is 4.98 Å². The van der Waals surface area contributed by atoms with Crippen LogP contribution in [0.5, 0.6) is 5.75 Å². The van der Waals surface area contributed by atoms with Gasteiger partial charge in [0.25, 0.3) is 0 Å². The molecule has 0 aliphatic rings. The van der Waals surface area contributed by atoms with Gasteiger partial charge in [-0.2, -0.15) is 0 Å². The number of aromatic nitrogens is 1. The topological polar surface area (TPSA) is 42.4 Å². The molecule has 2 rings (SSSR count). The Labute approximate surface area is 126 Å². The molecule has 0 atom stereocenters. The molecule has 0 bridgehead atoms. The number of ether oxygens (including phenoxy) is 1. The van der Waals surface area contributed by atoms with E-state index in [0.29, 0.717) is 0 Å². The van der Waals surface area contributed by atoms with Crippen LogP contribution in [-0.2, 0) is 5.60 Å². The quantitative estimate of drug-likeness (QED) is 0.920. The highest BCUT2D eigenvalue weighted by atomic mass is 16.5. The van der Waals surface area contributed by atoms with Crippen LogP contribution in [0.3, 0.4) is 0 Å². The van der Waals surface area contributed by atoms with Gasteiger partial charge in [0.2, 0.25) is 0 Å². The molecule has 0 unspecified atom stereocenters. The Morgan fingerprint density at radius 1 is 1.05 bits per heavy atom. The van der Waals surface area contributed by atoms with E-state index in [-0.39, 0.29) is 6.10 Å². The van der Waals surface area contributed by atoms with Crippen LogP contribution in [0.4, 0.5) is 0 Å². The zero-order valence-corrected chi connectivity index (χ0v) is 13.3. The number of benzene rings is 1. The van der Waals surface area contributed by atoms with Gasteiger partial charge in [-0.15, -0.1) is 0 Å². The summed E-state index contributed by atoms with van der Waals surface area (Å²) in [6.45, 7) is 9.49. The minimum Gasteiger partial charge on any atom is -0.491 e. The first-order chi connectivity index (χ1) is 9.77. The number of rotatable bonds is 4. The molecule has 0 radical (unpaired) electrons.